The summed E-state index contributed by atoms with van der Waals surface area (Å²) in [5.41, 5.74) is 11.6. The van der Waals surface area contributed by atoms with Crippen molar-refractivity contribution in [3.8, 4) is 0 Å². The number of likely N-dealkylation sites (tertiary alicyclic amines) is 1. The van der Waals surface area contributed by atoms with Crippen molar-refractivity contribution in [3.05, 3.63) is 0 Å². The van der Waals surface area contributed by atoms with Crippen LogP contribution in [0.5, 0.6) is 0 Å². The van der Waals surface area contributed by atoms with Crippen molar-refractivity contribution in [1.29, 1.82) is 5.41 Å². The fraction of sp³-hybridized carbons (Fsp3) is 0.867. The van der Waals surface area contributed by atoms with Gasteiger partial charge in [0.05, 0.1) is 6.04 Å². The van der Waals surface area contributed by atoms with Gasteiger partial charge < -0.3 is 21.7 Å². The van der Waals surface area contributed by atoms with Crippen LogP contribution < -0.4 is 16.8 Å². The molecule has 1 saturated heterocycles. The Hall–Kier alpha value is -1.01. The molecule has 0 radical (unpaired) electrons. The van der Waals surface area contributed by atoms with E-state index in [1.807, 2.05) is 4.90 Å². The van der Waals surface area contributed by atoms with Gasteiger partial charge in [-0.2, -0.15) is 0 Å². The summed E-state index contributed by atoms with van der Waals surface area (Å²) in [7, 11) is 0. The summed E-state index contributed by atoms with van der Waals surface area (Å²) in [6.45, 7) is 2.32. The topological polar surface area (TPSA) is 108 Å². The average molecular weight is 332 g/mol. The molecule has 6 nitrogen and oxygen atoms in total. The minimum absolute atomic E-state index is 0. The smallest absolute Gasteiger partial charge is 0.237 e. The molecule has 0 aromatic rings. The number of carbonyl (C=O) groups excluding carboxylic acids is 1. The van der Waals surface area contributed by atoms with E-state index < -0.39 is 0 Å². The molecule has 1 aliphatic carbocycles. The van der Waals surface area contributed by atoms with Crippen LogP contribution in [0.2, 0.25) is 0 Å². The van der Waals surface area contributed by atoms with E-state index >= 15 is 0 Å². The summed E-state index contributed by atoms with van der Waals surface area (Å²) < 4.78 is 0. The number of nitrogens with one attached hydrogen (secondary N) is 2. The molecule has 128 valence electrons. The van der Waals surface area contributed by atoms with Crippen molar-refractivity contribution in [2.45, 2.75) is 51.0 Å². The number of nitrogens with two attached hydrogens (primary N) is 2. The van der Waals surface area contributed by atoms with Crippen LogP contribution in [-0.4, -0.2) is 42.4 Å². The van der Waals surface area contributed by atoms with E-state index in [1.54, 1.807) is 0 Å². The molecule has 0 aromatic heterocycles. The maximum atomic E-state index is 12.2. The summed E-state index contributed by atoms with van der Waals surface area (Å²) in [4.78, 5) is 14.0. The van der Waals surface area contributed by atoms with E-state index in [1.165, 1.54) is 19.3 Å². The number of amides is 1. The SMILES string of the molecule is Cl.N=C(N)N1CCC(CNC(=O)C(N)C2CCCCC2)CC1. The van der Waals surface area contributed by atoms with Crippen LogP contribution in [0.15, 0.2) is 0 Å². The third-order valence-corrected chi connectivity index (χ3v) is 4.98. The summed E-state index contributed by atoms with van der Waals surface area (Å²) in [6, 6.07) is -0.345. The molecule has 0 aromatic carbocycles. The van der Waals surface area contributed by atoms with Crippen LogP contribution >= 0.6 is 12.4 Å². The number of guanidine groups is 1. The van der Waals surface area contributed by atoms with Gasteiger partial charge in [-0.1, -0.05) is 19.3 Å². The van der Waals surface area contributed by atoms with Crippen LogP contribution in [-0.2, 0) is 4.79 Å². The van der Waals surface area contributed by atoms with Crippen molar-refractivity contribution >= 4 is 24.3 Å². The standard InChI is InChI=1S/C15H29N5O.ClH/c16-13(12-4-2-1-3-5-12)14(21)19-10-11-6-8-20(9-7-11)15(17)18;/h11-13H,1-10,16H2,(H3,17,18)(H,19,21);1H. The molecule has 1 unspecified atom stereocenters. The predicted octanol–water partition coefficient (Wildman–Crippen LogP) is 1.04. The molecule has 6 N–H and O–H groups in total. The summed E-state index contributed by atoms with van der Waals surface area (Å²) in [5.74, 6) is 0.995. The highest BCUT2D eigenvalue weighted by molar-refractivity contribution is 5.85. The van der Waals surface area contributed by atoms with Gasteiger partial charge in [0.2, 0.25) is 5.91 Å². The molecule has 0 bridgehead atoms. The van der Waals surface area contributed by atoms with Gasteiger partial charge in [-0.3, -0.25) is 10.2 Å². The Morgan fingerprint density at radius 1 is 1.18 bits per heavy atom. The van der Waals surface area contributed by atoms with Gasteiger partial charge in [-0.15, -0.1) is 12.4 Å². The van der Waals surface area contributed by atoms with Gasteiger partial charge >= 0.3 is 0 Å². The summed E-state index contributed by atoms with van der Waals surface area (Å²) in [6.07, 6.45) is 7.80. The predicted molar refractivity (Wildman–Crippen MR) is 91.0 cm³/mol. The second-order valence-corrected chi connectivity index (χ2v) is 6.48. The molecule has 7 heteroatoms. The first kappa shape index (κ1) is 19.0. The molecule has 0 spiro atoms. The highest BCUT2D eigenvalue weighted by Crippen LogP contribution is 2.25. The zero-order chi connectivity index (χ0) is 15.2. The highest BCUT2D eigenvalue weighted by Gasteiger charge is 2.27. The van der Waals surface area contributed by atoms with Crippen LogP contribution in [0, 0.1) is 17.2 Å². The lowest BCUT2D eigenvalue weighted by molar-refractivity contribution is -0.124. The van der Waals surface area contributed by atoms with Crippen molar-refractivity contribution in [2.75, 3.05) is 19.6 Å². The Bertz CT molecular complexity index is 365. The molecule has 1 atom stereocenters. The van der Waals surface area contributed by atoms with E-state index in [2.05, 4.69) is 5.32 Å². The monoisotopic (exact) mass is 331 g/mol. The Balaban J connectivity index is 0.00000242. The van der Waals surface area contributed by atoms with Gasteiger partial charge in [0, 0.05) is 19.6 Å². The lowest BCUT2D eigenvalue weighted by atomic mass is 9.84. The molecular weight excluding hydrogens is 302 g/mol. The third-order valence-electron chi connectivity index (χ3n) is 4.98. The maximum absolute atomic E-state index is 12.2. The van der Waals surface area contributed by atoms with E-state index in [9.17, 15) is 4.79 Å². The number of hydrogen-bond donors (Lipinski definition) is 4. The van der Waals surface area contributed by atoms with E-state index in [-0.39, 0.29) is 30.3 Å². The maximum Gasteiger partial charge on any atom is 0.237 e. The summed E-state index contributed by atoms with van der Waals surface area (Å²) in [5, 5.41) is 10.4. The van der Waals surface area contributed by atoms with Crippen LogP contribution in [0.3, 0.4) is 0 Å². The van der Waals surface area contributed by atoms with Crippen LogP contribution in [0.4, 0.5) is 0 Å². The molecule has 1 saturated carbocycles. The zero-order valence-corrected chi connectivity index (χ0v) is 14.0. The number of halogens is 1. The number of rotatable bonds is 4. The van der Waals surface area contributed by atoms with E-state index in [0.717, 1.165) is 38.8 Å². The molecule has 2 aliphatic rings. The fourth-order valence-corrected chi connectivity index (χ4v) is 3.45. The zero-order valence-electron chi connectivity index (χ0n) is 13.2. The molecule has 1 amide bonds. The number of nitrogens with zero attached hydrogens (tertiary/aromatic N) is 1. The first-order valence-corrected chi connectivity index (χ1v) is 8.20. The Labute approximate surface area is 139 Å². The normalized spacial score (nSPS) is 21.8. The van der Waals surface area contributed by atoms with Gasteiger partial charge in [-0.05, 0) is 37.5 Å². The molecule has 1 heterocycles. The molecule has 22 heavy (non-hydrogen) atoms. The minimum Gasteiger partial charge on any atom is -0.370 e. The number of hydrogen-bond acceptors (Lipinski definition) is 3. The Kier molecular flexibility index (Phi) is 7.96. The van der Waals surface area contributed by atoms with Crippen LogP contribution in [0.25, 0.3) is 0 Å². The van der Waals surface area contributed by atoms with Gasteiger partial charge in [-0.25, -0.2) is 0 Å². The molecule has 2 rings (SSSR count). The van der Waals surface area contributed by atoms with E-state index in [0.29, 0.717) is 18.4 Å². The van der Waals surface area contributed by atoms with Crippen molar-refractivity contribution in [2.24, 2.45) is 23.3 Å². The lowest BCUT2D eigenvalue weighted by Crippen LogP contribution is -2.49. The lowest BCUT2D eigenvalue weighted by Gasteiger charge is -2.32. The number of carbonyl (C=O) groups is 1. The fourth-order valence-electron chi connectivity index (χ4n) is 3.45. The minimum atomic E-state index is -0.345. The van der Waals surface area contributed by atoms with E-state index in [4.69, 9.17) is 16.9 Å². The first-order chi connectivity index (χ1) is 10.1. The van der Waals surface area contributed by atoms with Crippen molar-refractivity contribution in [3.63, 3.8) is 0 Å². The second kappa shape index (κ2) is 9.20. The largest absolute Gasteiger partial charge is 0.370 e. The second-order valence-electron chi connectivity index (χ2n) is 6.48. The van der Waals surface area contributed by atoms with Gasteiger partial charge in [0.25, 0.3) is 0 Å². The Morgan fingerprint density at radius 3 is 2.32 bits per heavy atom. The highest BCUT2D eigenvalue weighted by atomic mass is 35.5. The third kappa shape index (κ3) is 5.32. The molecular formula is C15H30ClN5O. The molecule has 2 fully saturated rings. The molecule has 1 aliphatic heterocycles. The first-order valence-electron chi connectivity index (χ1n) is 8.20. The number of piperidine rings is 1. The van der Waals surface area contributed by atoms with Crippen molar-refractivity contribution < 1.29 is 4.79 Å². The van der Waals surface area contributed by atoms with Crippen LogP contribution in [0.1, 0.15) is 44.9 Å². The summed E-state index contributed by atoms with van der Waals surface area (Å²) >= 11 is 0. The van der Waals surface area contributed by atoms with Crippen molar-refractivity contribution in [1.82, 2.24) is 10.2 Å². The quantitative estimate of drug-likeness (QED) is 0.456. The Morgan fingerprint density at radius 2 is 1.77 bits per heavy atom. The van der Waals surface area contributed by atoms with Gasteiger partial charge in [0.1, 0.15) is 0 Å². The average Bonchev–Trinajstić information content (AvgIpc) is 2.53. The van der Waals surface area contributed by atoms with Gasteiger partial charge in [0.15, 0.2) is 5.96 Å².